The Kier molecular flexibility index (Phi) is 5.20. The van der Waals surface area contributed by atoms with E-state index in [4.69, 9.17) is 14.2 Å². The average Bonchev–Trinajstić information content (AvgIpc) is 2.74. The molecule has 0 spiro atoms. The summed E-state index contributed by atoms with van der Waals surface area (Å²) in [5.74, 6) is 5.01. The van der Waals surface area contributed by atoms with E-state index in [1.54, 1.807) is 6.92 Å². The third kappa shape index (κ3) is 3.54. The van der Waals surface area contributed by atoms with Gasteiger partial charge in [-0.15, -0.1) is 0 Å². The lowest BCUT2D eigenvalue weighted by atomic mass is 9.48. The fraction of sp³-hybridized carbons (Fsp3) is 0.852. The third-order valence-corrected chi connectivity index (χ3v) is 10.2. The Balaban J connectivity index is 1.02. The maximum absolute atomic E-state index is 13.2. The van der Waals surface area contributed by atoms with Crippen molar-refractivity contribution in [2.75, 3.05) is 13.4 Å². The molecule has 8 bridgehead atoms. The van der Waals surface area contributed by atoms with Crippen molar-refractivity contribution in [2.24, 2.45) is 52.8 Å². The summed E-state index contributed by atoms with van der Waals surface area (Å²) in [6, 6.07) is 0. The molecule has 0 N–H and O–H groups in total. The predicted molar refractivity (Wildman–Crippen MR) is 118 cm³/mol. The Hall–Kier alpha value is -1.36. The number of hydrogen-bond donors (Lipinski definition) is 0. The van der Waals surface area contributed by atoms with Gasteiger partial charge in [0.25, 0.3) is 0 Å². The van der Waals surface area contributed by atoms with Crippen molar-refractivity contribution >= 4 is 11.9 Å². The number of esters is 2. The van der Waals surface area contributed by atoms with Crippen molar-refractivity contribution in [3.63, 3.8) is 0 Å². The van der Waals surface area contributed by atoms with Gasteiger partial charge in [-0.05, 0) is 118 Å². The minimum atomic E-state index is -0.394. The number of carbonyl (C=O) groups is 2. The molecule has 0 saturated heterocycles. The second-order valence-electron chi connectivity index (χ2n) is 12.4. The maximum Gasteiger partial charge on any atom is 0.333 e. The van der Waals surface area contributed by atoms with Crippen LogP contribution in [0.3, 0.4) is 0 Å². The minimum absolute atomic E-state index is 0.0650. The highest BCUT2D eigenvalue weighted by Gasteiger charge is 2.60. The number of hydrogen-bond acceptors (Lipinski definition) is 5. The summed E-state index contributed by atoms with van der Waals surface area (Å²) >= 11 is 0. The second-order valence-corrected chi connectivity index (χ2v) is 12.4. The summed E-state index contributed by atoms with van der Waals surface area (Å²) in [6.45, 7) is 6.26. The van der Waals surface area contributed by atoms with Crippen molar-refractivity contribution in [1.82, 2.24) is 0 Å². The van der Waals surface area contributed by atoms with Gasteiger partial charge in [0.1, 0.15) is 6.10 Å². The van der Waals surface area contributed by atoms with Crippen molar-refractivity contribution < 1.29 is 23.8 Å². The van der Waals surface area contributed by atoms with Crippen LogP contribution in [0, 0.1) is 52.8 Å². The number of carbonyl (C=O) groups excluding carboxylic acids is 2. The first-order valence-corrected chi connectivity index (χ1v) is 13.0. The van der Waals surface area contributed by atoms with Crippen LogP contribution in [0.5, 0.6) is 0 Å². The normalized spacial score (nSPS) is 47.5. The highest BCUT2D eigenvalue weighted by atomic mass is 16.7. The van der Waals surface area contributed by atoms with Crippen LogP contribution in [0.15, 0.2) is 12.2 Å². The molecule has 176 valence electrons. The zero-order valence-electron chi connectivity index (χ0n) is 19.4. The van der Waals surface area contributed by atoms with Gasteiger partial charge in [-0.3, -0.25) is 4.79 Å². The predicted octanol–water partition coefficient (Wildman–Crippen LogP) is 4.89. The molecule has 8 fully saturated rings. The zero-order chi connectivity index (χ0) is 22.0. The molecule has 8 aliphatic rings. The Morgan fingerprint density at radius 2 is 1.44 bits per heavy atom. The zero-order valence-corrected chi connectivity index (χ0v) is 19.4. The van der Waals surface area contributed by atoms with E-state index in [2.05, 4.69) is 6.58 Å². The van der Waals surface area contributed by atoms with E-state index in [1.165, 1.54) is 32.1 Å². The number of rotatable bonds is 7. The second kappa shape index (κ2) is 7.85. The van der Waals surface area contributed by atoms with Crippen LogP contribution < -0.4 is 0 Å². The van der Waals surface area contributed by atoms with E-state index in [0.29, 0.717) is 17.4 Å². The fourth-order valence-corrected chi connectivity index (χ4v) is 9.39. The molecule has 8 aliphatic carbocycles. The van der Waals surface area contributed by atoms with Crippen LogP contribution in [0.25, 0.3) is 0 Å². The molecule has 2 atom stereocenters. The van der Waals surface area contributed by atoms with Crippen LogP contribution in [-0.2, 0) is 23.8 Å². The molecule has 0 heterocycles. The van der Waals surface area contributed by atoms with Crippen LogP contribution in [0.1, 0.15) is 71.1 Å². The van der Waals surface area contributed by atoms with Crippen LogP contribution >= 0.6 is 0 Å². The lowest BCUT2D eigenvalue weighted by molar-refractivity contribution is -0.202. The van der Waals surface area contributed by atoms with E-state index in [9.17, 15) is 9.59 Å². The summed E-state index contributed by atoms with van der Waals surface area (Å²) in [4.78, 5) is 25.3. The highest BCUT2D eigenvalue weighted by Crippen LogP contribution is 2.61. The van der Waals surface area contributed by atoms with E-state index < -0.39 is 5.41 Å². The Morgan fingerprint density at radius 1 is 0.844 bits per heavy atom. The lowest BCUT2D eigenvalue weighted by Crippen LogP contribution is -2.57. The standard InChI is InChI=1S/C27H38O5/c1-15(2)25(28)32-24-21-8-18-9-22(24)12-27(10-18,11-21)26(29)31-14-30-13-23-19-4-16-3-17(6-19)7-20(23)5-16/h16-24H,1,3-14H2,2H3. The van der Waals surface area contributed by atoms with Gasteiger partial charge in [0.2, 0.25) is 0 Å². The molecule has 0 amide bonds. The molecular weight excluding hydrogens is 404 g/mol. The van der Waals surface area contributed by atoms with Gasteiger partial charge in [-0.2, -0.15) is 0 Å². The van der Waals surface area contributed by atoms with Gasteiger partial charge in [0, 0.05) is 5.57 Å². The van der Waals surface area contributed by atoms with Crippen molar-refractivity contribution in [3.05, 3.63) is 12.2 Å². The SMILES string of the molecule is C=C(C)C(=O)OC1C2CC3CC1CC(C(=O)OCOCC1C4CC5CC(C4)CC1C5)(C3)C2. The van der Waals surface area contributed by atoms with Crippen molar-refractivity contribution in [1.29, 1.82) is 0 Å². The van der Waals surface area contributed by atoms with Gasteiger partial charge in [0.15, 0.2) is 6.79 Å². The van der Waals surface area contributed by atoms with Gasteiger partial charge in [-0.1, -0.05) is 6.58 Å². The molecule has 5 nitrogen and oxygen atoms in total. The quantitative estimate of drug-likeness (QED) is 0.243. The Bertz CT molecular complexity index is 758. The molecular formula is C27H38O5. The van der Waals surface area contributed by atoms with Crippen LogP contribution in [-0.4, -0.2) is 31.4 Å². The largest absolute Gasteiger partial charge is 0.458 e. The smallest absolute Gasteiger partial charge is 0.333 e. The van der Waals surface area contributed by atoms with Gasteiger partial charge >= 0.3 is 11.9 Å². The van der Waals surface area contributed by atoms with Crippen molar-refractivity contribution in [3.8, 4) is 0 Å². The summed E-state index contributed by atoms with van der Waals surface area (Å²) in [6.07, 6.45) is 11.6. The van der Waals surface area contributed by atoms with E-state index in [-0.39, 0.29) is 36.7 Å². The van der Waals surface area contributed by atoms with Crippen LogP contribution in [0.2, 0.25) is 0 Å². The van der Waals surface area contributed by atoms with Gasteiger partial charge in [0.05, 0.1) is 12.0 Å². The average molecular weight is 443 g/mol. The maximum atomic E-state index is 13.2. The summed E-state index contributed by atoms with van der Waals surface area (Å²) in [5.41, 5.74) is 0.0541. The molecule has 8 saturated carbocycles. The minimum Gasteiger partial charge on any atom is -0.458 e. The molecule has 0 radical (unpaired) electrons. The molecule has 0 aliphatic heterocycles. The molecule has 2 unspecified atom stereocenters. The third-order valence-electron chi connectivity index (χ3n) is 10.2. The molecule has 0 aromatic rings. The molecule has 8 rings (SSSR count). The number of ether oxygens (including phenoxy) is 3. The summed E-state index contributed by atoms with van der Waals surface area (Å²) < 4.78 is 17.5. The Labute approximate surface area is 191 Å². The van der Waals surface area contributed by atoms with E-state index >= 15 is 0 Å². The fourth-order valence-electron chi connectivity index (χ4n) is 9.39. The topological polar surface area (TPSA) is 61.8 Å². The lowest BCUT2D eigenvalue weighted by Gasteiger charge is -2.57. The van der Waals surface area contributed by atoms with Crippen LogP contribution in [0.4, 0.5) is 0 Å². The summed E-state index contributed by atoms with van der Waals surface area (Å²) in [5, 5.41) is 0. The first kappa shape index (κ1) is 21.2. The highest BCUT2D eigenvalue weighted by molar-refractivity contribution is 5.87. The monoisotopic (exact) mass is 442 g/mol. The van der Waals surface area contributed by atoms with E-state index in [1.807, 2.05) is 0 Å². The van der Waals surface area contributed by atoms with Gasteiger partial charge < -0.3 is 14.2 Å². The van der Waals surface area contributed by atoms with Crippen molar-refractivity contribution in [2.45, 2.75) is 77.2 Å². The van der Waals surface area contributed by atoms with E-state index in [0.717, 1.165) is 62.4 Å². The Morgan fingerprint density at radius 3 is 2.03 bits per heavy atom. The van der Waals surface area contributed by atoms with Gasteiger partial charge in [-0.25, -0.2) is 4.79 Å². The first-order chi connectivity index (χ1) is 15.4. The molecule has 32 heavy (non-hydrogen) atoms. The first-order valence-electron chi connectivity index (χ1n) is 13.0. The molecule has 0 aromatic heterocycles. The summed E-state index contributed by atoms with van der Waals surface area (Å²) in [7, 11) is 0. The molecule has 0 aromatic carbocycles. The molecule has 5 heteroatoms.